The van der Waals surface area contributed by atoms with Gasteiger partial charge in [-0.15, -0.1) is 23.4 Å². The van der Waals surface area contributed by atoms with Crippen LogP contribution in [-0.2, 0) is 5.75 Å². The molecule has 0 amide bonds. The summed E-state index contributed by atoms with van der Waals surface area (Å²) < 4.78 is 0. The van der Waals surface area contributed by atoms with Gasteiger partial charge in [0.25, 0.3) is 0 Å². The highest BCUT2D eigenvalue weighted by atomic mass is 35.5. The van der Waals surface area contributed by atoms with E-state index in [0.717, 1.165) is 39.9 Å². The third-order valence-electron chi connectivity index (χ3n) is 3.38. The first-order chi connectivity index (χ1) is 11.3. The summed E-state index contributed by atoms with van der Waals surface area (Å²) in [6.07, 6.45) is 4.65. The number of H-pyrrole nitrogens is 1. The molecule has 3 aromatic rings. The van der Waals surface area contributed by atoms with Crippen LogP contribution in [0.5, 0.6) is 0 Å². The van der Waals surface area contributed by atoms with Crippen LogP contribution in [0.1, 0.15) is 17.7 Å². The molecule has 23 heavy (non-hydrogen) atoms. The number of imidazole rings is 1. The first-order valence-corrected chi connectivity index (χ1v) is 9.85. The van der Waals surface area contributed by atoms with Crippen molar-refractivity contribution in [2.75, 3.05) is 11.6 Å². The van der Waals surface area contributed by atoms with Gasteiger partial charge in [0.15, 0.2) is 10.8 Å². The lowest BCUT2D eigenvalue weighted by atomic mass is 10.2. The Morgan fingerprint density at radius 2 is 2.09 bits per heavy atom. The average Bonchev–Trinajstić information content (AvgIpc) is 2.98. The van der Waals surface area contributed by atoms with Gasteiger partial charge in [0.05, 0.1) is 11.2 Å². The maximum Gasteiger partial charge on any atom is 0.178 e. The van der Waals surface area contributed by atoms with Crippen molar-refractivity contribution in [1.29, 1.82) is 0 Å². The van der Waals surface area contributed by atoms with Gasteiger partial charge in [-0.2, -0.15) is 0 Å². The van der Waals surface area contributed by atoms with E-state index in [2.05, 4.69) is 32.9 Å². The fourth-order valence-corrected chi connectivity index (χ4v) is 4.32. The fourth-order valence-electron chi connectivity index (χ4n) is 2.13. The Labute approximate surface area is 148 Å². The minimum Gasteiger partial charge on any atom is -0.332 e. The molecule has 0 aliphatic rings. The number of aromatic amines is 1. The molecule has 3 aromatic heterocycles. The van der Waals surface area contributed by atoms with E-state index >= 15 is 0 Å². The van der Waals surface area contributed by atoms with Crippen molar-refractivity contribution in [2.24, 2.45) is 0 Å². The van der Waals surface area contributed by atoms with Crippen LogP contribution >= 0.6 is 35.1 Å². The second-order valence-electron chi connectivity index (χ2n) is 4.98. The van der Waals surface area contributed by atoms with Crippen molar-refractivity contribution in [2.45, 2.75) is 29.1 Å². The van der Waals surface area contributed by atoms with Gasteiger partial charge in [0.1, 0.15) is 0 Å². The quantitative estimate of drug-likeness (QED) is 0.375. The maximum atomic E-state index is 5.75. The third kappa shape index (κ3) is 4.19. The summed E-state index contributed by atoms with van der Waals surface area (Å²) in [5, 5.41) is 0.875. The molecule has 4 nitrogen and oxygen atoms in total. The summed E-state index contributed by atoms with van der Waals surface area (Å²) in [4.78, 5) is 17.8. The van der Waals surface area contributed by atoms with Crippen LogP contribution in [0.15, 0.2) is 40.6 Å². The van der Waals surface area contributed by atoms with Crippen molar-refractivity contribution >= 4 is 46.3 Å². The molecule has 3 rings (SSSR count). The zero-order valence-corrected chi connectivity index (χ0v) is 15.1. The maximum absolute atomic E-state index is 5.75. The van der Waals surface area contributed by atoms with Crippen LogP contribution in [-0.4, -0.2) is 31.6 Å². The number of pyridine rings is 2. The van der Waals surface area contributed by atoms with E-state index in [1.54, 1.807) is 18.0 Å². The number of rotatable bonds is 7. The Morgan fingerprint density at radius 1 is 1.17 bits per heavy atom. The molecule has 0 aliphatic heterocycles. The number of hydrogen-bond donors (Lipinski definition) is 1. The monoisotopic (exact) mass is 364 g/mol. The van der Waals surface area contributed by atoms with E-state index in [1.165, 1.54) is 10.5 Å². The normalized spacial score (nSPS) is 11.2. The topological polar surface area (TPSA) is 54.5 Å². The number of aromatic nitrogens is 4. The van der Waals surface area contributed by atoms with Crippen molar-refractivity contribution in [3.8, 4) is 0 Å². The Balaban J connectivity index is 1.68. The van der Waals surface area contributed by atoms with E-state index in [9.17, 15) is 0 Å². The molecule has 0 fully saturated rings. The molecule has 0 unspecified atom stereocenters. The average molecular weight is 365 g/mol. The van der Waals surface area contributed by atoms with Gasteiger partial charge >= 0.3 is 0 Å². The minimum absolute atomic E-state index is 0.708. The molecular weight excluding hydrogens is 348 g/mol. The highest BCUT2D eigenvalue weighted by molar-refractivity contribution is 7.99. The zero-order chi connectivity index (χ0) is 16.1. The number of halogens is 1. The number of thioether (sulfide) groups is 2. The lowest BCUT2D eigenvalue weighted by Crippen LogP contribution is -1.95. The van der Waals surface area contributed by atoms with Gasteiger partial charge in [-0.25, -0.2) is 9.97 Å². The van der Waals surface area contributed by atoms with Crippen LogP contribution in [0.25, 0.3) is 11.2 Å². The molecule has 0 saturated carbocycles. The number of hydrogen-bond acceptors (Lipinski definition) is 5. The van der Waals surface area contributed by atoms with E-state index in [-0.39, 0.29) is 0 Å². The predicted octanol–water partition coefficient (Wildman–Crippen LogP) is 4.67. The van der Waals surface area contributed by atoms with E-state index in [0.29, 0.717) is 5.88 Å². The SMILES string of the molecule is Cc1c(SCCCCl)ccnc1CSc1nc2ncccc2[nH]1. The molecule has 0 aromatic carbocycles. The summed E-state index contributed by atoms with van der Waals surface area (Å²) in [6.45, 7) is 2.13. The van der Waals surface area contributed by atoms with Gasteiger partial charge in [0, 0.05) is 28.9 Å². The summed E-state index contributed by atoms with van der Waals surface area (Å²) in [6, 6.07) is 5.97. The van der Waals surface area contributed by atoms with E-state index in [4.69, 9.17) is 11.6 Å². The van der Waals surface area contributed by atoms with Crippen molar-refractivity contribution in [3.05, 3.63) is 41.9 Å². The minimum atomic E-state index is 0.708. The molecule has 0 aliphatic carbocycles. The summed E-state index contributed by atoms with van der Waals surface area (Å²) in [5.41, 5.74) is 4.06. The lowest BCUT2D eigenvalue weighted by molar-refractivity contribution is 1.04. The van der Waals surface area contributed by atoms with Gasteiger partial charge in [-0.3, -0.25) is 4.98 Å². The van der Waals surface area contributed by atoms with Crippen LogP contribution in [0.4, 0.5) is 0 Å². The number of nitrogens with zero attached hydrogens (tertiary/aromatic N) is 3. The van der Waals surface area contributed by atoms with E-state index in [1.807, 2.05) is 30.1 Å². The smallest absolute Gasteiger partial charge is 0.178 e. The highest BCUT2D eigenvalue weighted by Crippen LogP contribution is 2.28. The Hall–Kier alpha value is -1.24. The van der Waals surface area contributed by atoms with Gasteiger partial charge in [-0.05, 0) is 42.9 Å². The molecule has 1 N–H and O–H groups in total. The van der Waals surface area contributed by atoms with Crippen LogP contribution in [0.2, 0.25) is 0 Å². The van der Waals surface area contributed by atoms with Crippen molar-refractivity contribution in [1.82, 2.24) is 19.9 Å². The first kappa shape index (κ1) is 16.6. The van der Waals surface area contributed by atoms with Crippen molar-refractivity contribution < 1.29 is 0 Å². The Morgan fingerprint density at radius 3 is 2.91 bits per heavy atom. The van der Waals surface area contributed by atoms with Crippen molar-refractivity contribution in [3.63, 3.8) is 0 Å². The molecule has 0 atom stereocenters. The number of alkyl halides is 1. The molecule has 120 valence electrons. The van der Waals surface area contributed by atoms with Gasteiger partial charge in [0.2, 0.25) is 0 Å². The van der Waals surface area contributed by atoms with Crippen LogP contribution < -0.4 is 0 Å². The fraction of sp³-hybridized carbons (Fsp3) is 0.312. The molecule has 0 spiro atoms. The molecule has 0 saturated heterocycles. The third-order valence-corrected chi connectivity index (χ3v) is 5.77. The molecule has 3 heterocycles. The largest absolute Gasteiger partial charge is 0.332 e. The van der Waals surface area contributed by atoms with E-state index < -0.39 is 0 Å². The van der Waals surface area contributed by atoms with Crippen LogP contribution in [0, 0.1) is 6.92 Å². The predicted molar refractivity (Wildman–Crippen MR) is 98.5 cm³/mol. The Kier molecular flexibility index (Phi) is 5.80. The van der Waals surface area contributed by atoms with Crippen LogP contribution in [0.3, 0.4) is 0 Å². The van der Waals surface area contributed by atoms with Gasteiger partial charge in [-0.1, -0.05) is 11.8 Å². The summed E-state index contributed by atoms with van der Waals surface area (Å²) in [5.74, 6) is 2.53. The molecule has 0 radical (unpaired) electrons. The molecule has 7 heteroatoms. The Bertz CT molecular complexity index is 758. The molecule has 0 bridgehead atoms. The number of fused-ring (bicyclic) bond motifs is 1. The van der Waals surface area contributed by atoms with Gasteiger partial charge < -0.3 is 4.98 Å². The zero-order valence-electron chi connectivity index (χ0n) is 12.8. The summed E-state index contributed by atoms with van der Waals surface area (Å²) >= 11 is 9.24. The number of nitrogens with one attached hydrogen (secondary N) is 1. The second kappa shape index (κ2) is 8.04. The lowest BCUT2D eigenvalue weighted by Gasteiger charge is -2.09. The molecular formula is C16H17ClN4S2. The summed E-state index contributed by atoms with van der Waals surface area (Å²) in [7, 11) is 0. The first-order valence-electron chi connectivity index (χ1n) is 7.34. The highest BCUT2D eigenvalue weighted by Gasteiger charge is 2.09. The standard InChI is InChI=1S/C16H17ClN4S2/c1-11-13(18-8-5-14(11)22-9-3-6-17)10-23-16-20-12-4-2-7-19-15(12)21-16/h2,4-5,7-8H,3,6,9-10H2,1H3,(H,19,20,21). The second-order valence-corrected chi connectivity index (χ2v) is 7.46.